The van der Waals surface area contributed by atoms with Crippen LogP contribution in [0.3, 0.4) is 0 Å². The first-order valence-corrected chi connectivity index (χ1v) is 8.28. The smallest absolute Gasteiger partial charge is 0.219 e. The maximum Gasteiger partial charge on any atom is 0.219 e. The summed E-state index contributed by atoms with van der Waals surface area (Å²) in [5.41, 5.74) is 0. The van der Waals surface area contributed by atoms with Crippen molar-refractivity contribution in [3.05, 3.63) is 12.7 Å². The summed E-state index contributed by atoms with van der Waals surface area (Å²) in [6.07, 6.45) is 4.09. The lowest BCUT2D eigenvalue weighted by molar-refractivity contribution is -0.130. The SMILES string of the molecule is C=CCNC(=NCCCC)NCCN1CCN(C(C)=O)CC1.I. The van der Waals surface area contributed by atoms with Gasteiger partial charge >= 0.3 is 0 Å². The predicted octanol–water partition coefficient (Wildman–Crippen LogP) is 1.29. The van der Waals surface area contributed by atoms with Crippen LogP contribution in [0.1, 0.15) is 26.7 Å². The molecule has 1 heterocycles. The van der Waals surface area contributed by atoms with E-state index in [-0.39, 0.29) is 29.9 Å². The highest BCUT2D eigenvalue weighted by Crippen LogP contribution is 2.00. The van der Waals surface area contributed by atoms with Crippen molar-refractivity contribution in [2.24, 2.45) is 4.99 Å². The van der Waals surface area contributed by atoms with Gasteiger partial charge in [0, 0.05) is 59.3 Å². The number of carbonyl (C=O) groups is 1. The third-order valence-electron chi connectivity index (χ3n) is 3.73. The van der Waals surface area contributed by atoms with Crippen LogP contribution in [0.25, 0.3) is 0 Å². The van der Waals surface area contributed by atoms with E-state index in [2.05, 4.69) is 34.0 Å². The Morgan fingerprint density at radius 3 is 2.52 bits per heavy atom. The van der Waals surface area contributed by atoms with Crippen molar-refractivity contribution in [2.75, 3.05) is 52.4 Å². The number of piperazine rings is 1. The second kappa shape index (κ2) is 13.6. The number of guanidine groups is 1. The average Bonchev–Trinajstić information content (AvgIpc) is 2.52. The summed E-state index contributed by atoms with van der Waals surface area (Å²) in [5.74, 6) is 1.03. The number of halogens is 1. The Bertz CT molecular complexity index is 367. The van der Waals surface area contributed by atoms with Gasteiger partial charge in [-0.2, -0.15) is 0 Å². The van der Waals surface area contributed by atoms with Gasteiger partial charge in [-0.15, -0.1) is 30.6 Å². The monoisotopic (exact) mass is 437 g/mol. The molecule has 0 bridgehead atoms. The quantitative estimate of drug-likeness (QED) is 0.198. The molecule has 0 atom stereocenters. The highest BCUT2D eigenvalue weighted by Gasteiger charge is 2.17. The normalized spacial score (nSPS) is 15.7. The fourth-order valence-corrected chi connectivity index (χ4v) is 2.31. The fourth-order valence-electron chi connectivity index (χ4n) is 2.31. The van der Waals surface area contributed by atoms with Gasteiger partial charge in [-0.25, -0.2) is 0 Å². The molecule has 1 rings (SSSR count). The number of hydrogen-bond donors (Lipinski definition) is 2. The van der Waals surface area contributed by atoms with E-state index in [0.717, 1.165) is 71.2 Å². The first kappa shape index (κ1) is 22.2. The number of rotatable bonds is 8. The maximum absolute atomic E-state index is 11.3. The van der Waals surface area contributed by atoms with Gasteiger partial charge in [0.2, 0.25) is 5.91 Å². The van der Waals surface area contributed by atoms with Gasteiger partial charge in [0.05, 0.1) is 0 Å². The Kier molecular flexibility index (Phi) is 13.1. The molecule has 0 aromatic rings. The highest BCUT2D eigenvalue weighted by atomic mass is 127. The van der Waals surface area contributed by atoms with Crippen molar-refractivity contribution in [1.29, 1.82) is 0 Å². The highest BCUT2D eigenvalue weighted by molar-refractivity contribution is 14.0. The molecule has 1 aliphatic heterocycles. The lowest BCUT2D eigenvalue weighted by atomic mass is 10.3. The molecule has 134 valence electrons. The Morgan fingerprint density at radius 1 is 1.26 bits per heavy atom. The molecule has 23 heavy (non-hydrogen) atoms. The number of nitrogens with one attached hydrogen (secondary N) is 2. The zero-order valence-electron chi connectivity index (χ0n) is 14.5. The molecule has 0 spiro atoms. The number of carbonyl (C=O) groups excluding carboxylic acids is 1. The summed E-state index contributed by atoms with van der Waals surface area (Å²) < 4.78 is 0. The van der Waals surface area contributed by atoms with Crippen LogP contribution in [-0.2, 0) is 4.79 Å². The number of nitrogens with zero attached hydrogens (tertiary/aromatic N) is 3. The van der Waals surface area contributed by atoms with Crippen LogP contribution in [0.5, 0.6) is 0 Å². The number of aliphatic imine (C=N–C) groups is 1. The minimum absolute atomic E-state index is 0. The largest absolute Gasteiger partial charge is 0.355 e. The van der Waals surface area contributed by atoms with Crippen LogP contribution in [0.2, 0.25) is 0 Å². The Morgan fingerprint density at radius 2 is 1.96 bits per heavy atom. The van der Waals surface area contributed by atoms with E-state index in [1.807, 2.05) is 11.0 Å². The number of hydrogen-bond acceptors (Lipinski definition) is 3. The standard InChI is InChI=1S/C16H31N5O.HI/c1-4-6-8-18-16(17-7-5-2)19-9-10-20-11-13-21(14-12-20)15(3)22;/h5H,2,4,6-14H2,1,3H3,(H2,17,18,19);1H. The summed E-state index contributed by atoms with van der Waals surface area (Å²) in [4.78, 5) is 20.1. The van der Waals surface area contributed by atoms with Crippen molar-refractivity contribution >= 4 is 35.8 Å². The van der Waals surface area contributed by atoms with E-state index in [4.69, 9.17) is 0 Å². The van der Waals surface area contributed by atoms with Crippen LogP contribution in [0.4, 0.5) is 0 Å². The molecule has 1 aliphatic rings. The minimum atomic E-state index is 0. The molecule has 6 nitrogen and oxygen atoms in total. The zero-order chi connectivity index (χ0) is 16.2. The molecule has 1 amide bonds. The molecule has 2 N–H and O–H groups in total. The van der Waals surface area contributed by atoms with E-state index in [1.54, 1.807) is 6.92 Å². The van der Waals surface area contributed by atoms with E-state index in [1.165, 1.54) is 0 Å². The summed E-state index contributed by atoms with van der Waals surface area (Å²) in [6.45, 7) is 14.5. The summed E-state index contributed by atoms with van der Waals surface area (Å²) in [6, 6.07) is 0. The molecule has 0 saturated carbocycles. The number of amides is 1. The maximum atomic E-state index is 11.3. The minimum Gasteiger partial charge on any atom is -0.355 e. The lowest BCUT2D eigenvalue weighted by Crippen LogP contribution is -2.50. The predicted molar refractivity (Wildman–Crippen MR) is 108 cm³/mol. The molecular formula is C16H32IN5O. The van der Waals surface area contributed by atoms with Crippen molar-refractivity contribution in [1.82, 2.24) is 20.4 Å². The molecule has 1 fully saturated rings. The molecule has 0 aromatic carbocycles. The van der Waals surface area contributed by atoms with Gasteiger partial charge in [-0.3, -0.25) is 14.7 Å². The van der Waals surface area contributed by atoms with Crippen LogP contribution in [-0.4, -0.2) is 74.0 Å². The zero-order valence-corrected chi connectivity index (χ0v) is 16.8. The van der Waals surface area contributed by atoms with Gasteiger partial charge in [0.25, 0.3) is 0 Å². The average molecular weight is 437 g/mol. The Balaban J connectivity index is 0.00000484. The van der Waals surface area contributed by atoms with Crippen molar-refractivity contribution in [3.8, 4) is 0 Å². The third-order valence-corrected chi connectivity index (χ3v) is 3.73. The molecule has 1 saturated heterocycles. The van der Waals surface area contributed by atoms with E-state index in [9.17, 15) is 4.79 Å². The van der Waals surface area contributed by atoms with E-state index >= 15 is 0 Å². The molecule has 0 aromatic heterocycles. The van der Waals surface area contributed by atoms with Crippen molar-refractivity contribution < 1.29 is 4.79 Å². The van der Waals surface area contributed by atoms with E-state index in [0.29, 0.717) is 0 Å². The van der Waals surface area contributed by atoms with Gasteiger partial charge in [0.15, 0.2) is 5.96 Å². The van der Waals surface area contributed by atoms with Crippen LogP contribution in [0.15, 0.2) is 17.6 Å². The van der Waals surface area contributed by atoms with Crippen molar-refractivity contribution in [2.45, 2.75) is 26.7 Å². The number of unbranched alkanes of at least 4 members (excludes halogenated alkanes) is 1. The molecule has 0 radical (unpaired) electrons. The van der Waals surface area contributed by atoms with Crippen LogP contribution < -0.4 is 10.6 Å². The Labute approximate surface area is 157 Å². The van der Waals surface area contributed by atoms with E-state index < -0.39 is 0 Å². The van der Waals surface area contributed by atoms with Crippen LogP contribution >= 0.6 is 24.0 Å². The van der Waals surface area contributed by atoms with Gasteiger partial charge in [-0.1, -0.05) is 19.4 Å². The summed E-state index contributed by atoms with van der Waals surface area (Å²) in [5, 5.41) is 6.60. The third kappa shape index (κ3) is 9.80. The molecule has 0 aliphatic carbocycles. The lowest BCUT2D eigenvalue weighted by Gasteiger charge is -2.34. The fraction of sp³-hybridized carbons (Fsp3) is 0.750. The van der Waals surface area contributed by atoms with Gasteiger partial charge in [0.1, 0.15) is 0 Å². The molecular weight excluding hydrogens is 405 g/mol. The summed E-state index contributed by atoms with van der Waals surface area (Å²) in [7, 11) is 0. The van der Waals surface area contributed by atoms with Crippen LogP contribution in [0, 0.1) is 0 Å². The topological polar surface area (TPSA) is 60.0 Å². The van der Waals surface area contributed by atoms with Gasteiger partial charge in [-0.05, 0) is 6.42 Å². The first-order valence-electron chi connectivity index (χ1n) is 8.28. The second-order valence-electron chi connectivity index (χ2n) is 5.53. The second-order valence-corrected chi connectivity index (χ2v) is 5.53. The molecule has 0 unspecified atom stereocenters. The summed E-state index contributed by atoms with van der Waals surface area (Å²) >= 11 is 0. The van der Waals surface area contributed by atoms with Crippen molar-refractivity contribution in [3.63, 3.8) is 0 Å². The molecule has 7 heteroatoms. The Hall–Kier alpha value is -0.830. The van der Waals surface area contributed by atoms with Gasteiger partial charge < -0.3 is 15.5 Å². The first-order chi connectivity index (χ1) is 10.7.